The fraction of sp³-hybridized carbons (Fsp3) is 0.273. The van der Waals surface area contributed by atoms with Gasteiger partial charge in [-0.25, -0.2) is 0 Å². The first-order valence-electron chi connectivity index (χ1n) is 4.87. The molecule has 0 spiro atoms. The van der Waals surface area contributed by atoms with Crippen LogP contribution >= 0.6 is 0 Å². The number of hydrogen-bond acceptors (Lipinski definition) is 5. The molecule has 1 aromatic rings. The number of aromatic hydroxyl groups is 1. The molecule has 3 N–H and O–H groups in total. The summed E-state index contributed by atoms with van der Waals surface area (Å²) in [7, 11) is 2.67. The summed E-state index contributed by atoms with van der Waals surface area (Å²) >= 11 is 0. The lowest BCUT2D eigenvalue weighted by molar-refractivity contribution is -0.141. The second-order valence-corrected chi connectivity index (χ2v) is 3.48. The van der Waals surface area contributed by atoms with E-state index in [-0.39, 0.29) is 23.5 Å². The van der Waals surface area contributed by atoms with Gasteiger partial charge in [0.25, 0.3) is 5.91 Å². The van der Waals surface area contributed by atoms with E-state index in [0.717, 1.165) is 4.90 Å². The molecule has 0 aromatic heterocycles. The van der Waals surface area contributed by atoms with Gasteiger partial charge in [0, 0.05) is 7.05 Å². The van der Waals surface area contributed by atoms with Crippen molar-refractivity contribution in [3.05, 3.63) is 23.8 Å². The van der Waals surface area contributed by atoms with E-state index < -0.39 is 11.9 Å². The van der Waals surface area contributed by atoms with E-state index in [2.05, 4.69) is 4.74 Å². The number of nitrogens with two attached hydrogens (primary N) is 1. The third-order valence-electron chi connectivity index (χ3n) is 2.24. The zero-order valence-corrected chi connectivity index (χ0v) is 9.64. The van der Waals surface area contributed by atoms with Crippen molar-refractivity contribution in [2.45, 2.75) is 0 Å². The van der Waals surface area contributed by atoms with Gasteiger partial charge in [-0.05, 0) is 12.1 Å². The van der Waals surface area contributed by atoms with Crippen LogP contribution in [0.1, 0.15) is 10.4 Å². The molecule has 0 aliphatic rings. The highest BCUT2D eigenvalue weighted by atomic mass is 16.5. The number of phenols is 1. The smallest absolute Gasteiger partial charge is 0.325 e. The van der Waals surface area contributed by atoms with Crippen molar-refractivity contribution >= 4 is 17.6 Å². The maximum absolute atomic E-state index is 11.9. The van der Waals surface area contributed by atoms with Gasteiger partial charge in [-0.2, -0.15) is 0 Å². The number of likely N-dealkylation sites (N-methyl/N-ethyl adjacent to an activating group) is 1. The van der Waals surface area contributed by atoms with E-state index >= 15 is 0 Å². The highest BCUT2D eigenvalue weighted by Crippen LogP contribution is 2.25. The molecule has 0 aliphatic carbocycles. The van der Waals surface area contributed by atoms with Crippen molar-refractivity contribution in [3.8, 4) is 5.75 Å². The SMILES string of the molecule is COC(=O)CN(C)C(=O)c1cccc(N)c1O. The van der Waals surface area contributed by atoms with Gasteiger partial charge in [0.1, 0.15) is 6.54 Å². The number of benzene rings is 1. The van der Waals surface area contributed by atoms with E-state index in [4.69, 9.17) is 5.73 Å². The maximum atomic E-state index is 11.9. The number of rotatable bonds is 3. The number of phenolic OH excluding ortho intramolecular Hbond substituents is 1. The van der Waals surface area contributed by atoms with Crippen LogP contribution in [0.5, 0.6) is 5.75 Å². The van der Waals surface area contributed by atoms with Gasteiger partial charge in [0.2, 0.25) is 0 Å². The third-order valence-corrected chi connectivity index (χ3v) is 2.24. The number of methoxy groups -OCH3 is 1. The maximum Gasteiger partial charge on any atom is 0.325 e. The summed E-state index contributed by atoms with van der Waals surface area (Å²) in [4.78, 5) is 24.0. The van der Waals surface area contributed by atoms with Gasteiger partial charge >= 0.3 is 5.97 Å². The van der Waals surface area contributed by atoms with Gasteiger partial charge in [-0.3, -0.25) is 9.59 Å². The van der Waals surface area contributed by atoms with Crippen molar-refractivity contribution < 1.29 is 19.4 Å². The van der Waals surface area contributed by atoms with Crippen LogP contribution in [-0.4, -0.2) is 42.6 Å². The number of nitrogens with zero attached hydrogens (tertiary/aromatic N) is 1. The molecule has 0 saturated heterocycles. The molecule has 17 heavy (non-hydrogen) atoms. The normalized spacial score (nSPS) is 9.76. The topological polar surface area (TPSA) is 92.9 Å². The molecule has 0 saturated carbocycles. The standard InChI is InChI=1S/C11H14N2O4/c1-13(6-9(14)17-2)11(16)7-4-3-5-8(12)10(7)15/h3-5,15H,6,12H2,1-2H3. The van der Waals surface area contributed by atoms with Gasteiger partial charge in [-0.1, -0.05) is 6.07 Å². The number of amides is 1. The van der Waals surface area contributed by atoms with Crippen LogP contribution in [0.4, 0.5) is 5.69 Å². The molecular weight excluding hydrogens is 224 g/mol. The van der Waals surface area contributed by atoms with Crippen LogP contribution in [0.3, 0.4) is 0 Å². The van der Waals surface area contributed by atoms with Crippen LogP contribution in [0.25, 0.3) is 0 Å². The monoisotopic (exact) mass is 238 g/mol. The molecule has 0 bridgehead atoms. The number of carbonyl (C=O) groups is 2. The number of hydrogen-bond donors (Lipinski definition) is 2. The lowest BCUT2D eigenvalue weighted by atomic mass is 10.1. The largest absolute Gasteiger partial charge is 0.505 e. The minimum absolute atomic E-state index is 0.0522. The lowest BCUT2D eigenvalue weighted by Crippen LogP contribution is -2.32. The summed E-state index contributed by atoms with van der Waals surface area (Å²) < 4.78 is 4.44. The summed E-state index contributed by atoms with van der Waals surface area (Å²) in [5.41, 5.74) is 5.64. The first-order valence-corrected chi connectivity index (χ1v) is 4.87. The molecule has 0 atom stereocenters. The zero-order valence-electron chi connectivity index (χ0n) is 9.64. The Hall–Kier alpha value is -2.24. The average molecular weight is 238 g/mol. The summed E-state index contributed by atoms with van der Waals surface area (Å²) in [5.74, 6) is -1.32. The van der Waals surface area contributed by atoms with Gasteiger partial charge < -0.3 is 20.5 Å². The van der Waals surface area contributed by atoms with E-state index in [1.807, 2.05) is 0 Å². The number of ether oxygens (including phenoxy) is 1. The molecule has 0 radical (unpaired) electrons. The zero-order chi connectivity index (χ0) is 13.0. The molecular formula is C11H14N2O4. The van der Waals surface area contributed by atoms with E-state index in [9.17, 15) is 14.7 Å². The van der Waals surface area contributed by atoms with E-state index in [1.54, 1.807) is 6.07 Å². The van der Waals surface area contributed by atoms with Crippen LogP contribution < -0.4 is 5.73 Å². The quantitative estimate of drug-likeness (QED) is 0.446. The lowest BCUT2D eigenvalue weighted by Gasteiger charge is -2.16. The molecule has 0 fully saturated rings. The molecule has 0 aliphatic heterocycles. The number of para-hydroxylation sites is 1. The number of nitrogen functional groups attached to an aromatic ring is 1. The minimum Gasteiger partial charge on any atom is -0.505 e. The van der Waals surface area contributed by atoms with Crippen LogP contribution in [0.15, 0.2) is 18.2 Å². The molecule has 6 heteroatoms. The van der Waals surface area contributed by atoms with Gasteiger partial charge in [0.05, 0.1) is 18.4 Å². The Kier molecular flexibility index (Phi) is 3.92. The fourth-order valence-electron chi connectivity index (χ4n) is 1.27. The van der Waals surface area contributed by atoms with Crippen molar-refractivity contribution in [2.75, 3.05) is 26.4 Å². The summed E-state index contributed by atoms with van der Waals surface area (Å²) in [6.45, 7) is -0.191. The first kappa shape index (κ1) is 12.8. The summed E-state index contributed by atoms with van der Waals surface area (Å²) in [5, 5.41) is 9.62. The predicted molar refractivity (Wildman–Crippen MR) is 61.5 cm³/mol. The molecule has 0 heterocycles. The van der Waals surface area contributed by atoms with E-state index in [1.165, 1.54) is 26.3 Å². The predicted octanol–water partition coefficient (Wildman–Crippen LogP) is 0.219. The Labute approximate surface area is 98.6 Å². The second kappa shape index (κ2) is 5.20. The molecule has 0 unspecified atom stereocenters. The molecule has 1 rings (SSSR count). The number of esters is 1. The highest BCUT2D eigenvalue weighted by Gasteiger charge is 2.19. The van der Waals surface area contributed by atoms with Crippen molar-refractivity contribution in [1.29, 1.82) is 0 Å². The summed E-state index contributed by atoms with van der Waals surface area (Å²) in [6.07, 6.45) is 0. The number of anilines is 1. The highest BCUT2D eigenvalue weighted by molar-refractivity contribution is 5.99. The Bertz CT molecular complexity index is 445. The summed E-state index contributed by atoms with van der Waals surface area (Å²) in [6, 6.07) is 4.46. The van der Waals surface area contributed by atoms with Crippen molar-refractivity contribution in [1.82, 2.24) is 4.90 Å². The van der Waals surface area contributed by atoms with Gasteiger partial charge in [0.15, 0.2) is 5.75 Å². The average Bonchev–Trinajstić information content (AvgIpc) is 2.31. The van der Waals surface area contributed by atoms with Gasteiger partial charge in [-0.15, -0.1) is 0 Å². The molecule has 6 nitrogen and oxygen atoms in total. The first-order chi connectivity index (χ1) is 7.97. The Balaban J connectivity index is 2.89. The Morgan fingerprint density at radius 2 is 2.12 bits per heavy atom. The van der Waals surface area contributed by atoms with Crippen LogP contribution in [0.2, 0.25) is 0 Å². The van der Waals surface area contributed by atoms with Crippen LogP contribution in [0, 0.1) is 0 Å². The third kappa shape index (κ3) is 2.87. The van der Waals surface area contributed by atoms with Crippen LogP contribution in [-0.2, 0) is 9.53 Å². The Morgan fingerprint density at radius 1 is 1.47 bits per heavy atom. The molecule has 1 aromatic carbocycles. The Morgan fingerprint density at radius 3 is 2.71 bits per heavy atom. The fourth-order valence-corrected chi connectivity index (χ4v) is 1.27. The van der Waals surface area contributed by atoms with Crippen molar-refractivity contribution in [3.63, 3.8) is 0 Å². The number of carbonyl (C=O) groups excluding carboxylic acids is 2. The second-order valence-electron chi connectivity index (χ2n) is 3.48. The molecule has 92 valence electrons. The minimum atomic E-state index is -0.538. The molecule has 1 amide bonds. The van der Waals surface area contributed by atoms with E-state index in [0.29, 0.717) is 0 Å². The van der Waals surface area contributed by atoms with Crippen molar-refractivity contribution in [2.24, 2.45) is 0 Å².